The van der Waals surface area contributed by atoms with Crippen molar-refractivity contribution in [2.75, 3.05) is 33.4 Å². The van der Waals surface area contributed by atoms with E-state index in [0.717, 1.165) is 11.1 Å². The Hall–Kier alpha value is -3.17. The molecule has 2 N–H and O–H groups in total. The normalized spacial score (nSPS) is 19.0. The lowest BCUT2D eigenvalue weighted by molar-refractivity contribution is 0.0463. The molecule has 4 rings (SSSR count). The lowest BCUT2D eigenvalue weighted by atomic mass is 9.98. The van der Waals surface area contributed by atoms with Crippen molar-refractivity contribution in [1.82, 2.24) is 15.5 Å². The molecule has 2 aromatic rings. The first-order valence-corrected chi connectivity index (χ1v) is 12.9. The van der Waals surface area contributed by atoms with Crippen molar-refractivity contribution >= 4 is 29.4 Å². The molecule has 0 aromatic heterocycles. The number of nitrogens with one attached hydrogen (secondary N) is 2. The number of piperidine rings is 1. The molecule has 1 saturated heterocycles. The number of ether oxygens (including phenoxy) is 3. The molecule has 37 heavy (non-hydrogen) atoms. The Kier molecular flexibility index (Phi) is 8.34. The van der Waals surface area contributed by atoms with Gasteiger partial charge in [0.05, 0.1) is 18.7 Å². The molecule has 9 heteroatoms. The summed E-state index contributed by atoms with van der Waals surface area (Å²) in [5.74, 6) is -0.0258. The predicted molar refractivity (Wildman–Crippen MR) is 146 cm³/mol. The van der Waals surface area contributed by atoms with Gasteiger partial charge in [0.15, 0.2) is 0 Å². The van der Waals surface area contributed by atoms with Crippen LogP contribution in [0.5, 0.6) is 0 Å². The maximum Gasteiger partial charge on any atom is 0.408 e. The van der Waals surface area contributed by atoms with E-state index in [1.54, 1.807) is 27.9 Å². The molecule has 0 radical (unpaired) electrons. The predicted octanol–water partition coefficient (Wildman–Crippen LogP) is 4.47. The fraction of sp³-hybridized carbons (Fsp3) is 0.464. The number of benzene rings is 2. The van der Waals surface area contributed by atoms with Crippen LogP contribution < -0.4 is 10.6 Å². The summed E-state index contributed by atoms with van der Waals surface area (Å²) in [6.45, 7) is 7.01. The number of rotatable bonds is 6. The molecular weight excluding hydrogens is 490 g/mol. The van der Waals surface area contributed by atoms with E-state index in [9.17, 15) is 9.59 Å². The largest absolute Gasteiger partial charge is 0.449 e. The standard InChI is InChI=1S/C28H35N3O5S/c1-28(2,3)36-27(33)30-24-15-31(25(37)17-34-4)14-13-23(24)29-26(32)35-16-22-20-11-7-5-9-18(20)19-10-6-8-12-21(19)22/h5-12,22-24H,13-17H2,1-4H3,(H,29,32)(H,30,33)/t23-,24+/m0/s1. The van der Waals surface area contributed by atoms with Crippen LogP contribution >= 0.6 is 12.2 Å². The van der Waals surface area contributed by atoms with E-state index in [1.807, 2.05) is 29.2 Å². The maximum absolute atomic E-state index is 12.9. The van der Waals surface area contributed by atoms with Crippen molar-refractivity contribution in [1.29, 1.82) is 0 Å². The van der Waals surface area contributed by atoms with Crippen molar-refractivity contribution in [2.24, 2.45) is 0 Å². The van der Waals surface area contributed by atoms with E-state index in [4.69, 9.17) is 26.4 Å². The molecular formula is C28H35N3O5S. The van der Waals surface area contributed by atoms with Gasteiger partial charge in [0.2, 0.25) is 0 Å². The second kappa shape index (κ2) is 11.5. The van der Waals surface area contributed by atoms with Crippen LogP contribution in [0.1, 0.15) is 44.2 Å². The Balaban J connectivity index is 1.41. The molecule has 0 saturated carbocycles. The zero-order valence-corrected chi connectivity index (χ0v) is 22.6. The van der Waals surface area contributed by atoms with Gasteiger partial charge in [-0.2, -0.15) is 0 Å². The molecule has 2 aliphatic rings. The Morgan fingerprint density at radius 2 is 1.57 bits per heavy atom. The molecule has 0 bridgehead atoms. The van der Waals surface area contributed by atoms with Crippen molar-refractivity contribution in [3.05, 3.63) is 59.7 Å². The zero-order valence-electron chi connectivity index (χ0n) is 21.8. The molecule has 0 unspecified atom stereocenters. The minimum Gasteiger partial charge on any atom is -0.449 e. The van der Waals surface area contributed by atoms with Gasteiger partial charge in [0.1, 0.15) is 17.2 Å². The third kappa shape index (κ3) is 6.59. The van der Waals surface area contributed by atoms with Crippen molar-refractivity contribution < 1.29 is 23.8 Å². The van der Waals surface area contributed by atoms with Gasteiger partial charge in [-0.3, -0.25) is 0 Å². The monoisotopic (exact) mass is 525 g/mol. The highest BCUT2D eigenvalue weighted by molar-refractivity contribution is 7.80. The molecule has 1 aliphatic heterocycles. The van der Waals surface area contributed by atoms with Crippen LogP contribution in [0.25, 0.3) is 11.1 Å². The highest BCUT2D eigenvalue weighted by Gasteiger charge is 2.35. The topological polar surface area (TPSA) is 89.1 Å². The van der Waals surface area contributed by atoms with E-state index in [-0.39, 0.29) is 18.6 Å². The van der Waals surface area contributed by atoms with E-state index in [0.29, 0.717) is 31.1 Å². The zero-order chi connectivity index (χ0) is 26.6. The third-order valence-electron chi connectivity index (χ3n) is 6.58. The Morgan fingerprint density at radius 3 is 2.16 bits per heavy atom. The summed E-state index contributed by atoms with van der Waals surface area (Å²) in [5.41, 5.74) is 4.02. The molecule has 2 aromatic carbocycles. The lowest BCUT2D eigenvalue weighted by Gasteiger charge is -2.40. The molecule has 198 valence electrons. The van der Waals surface area contributed by atoms with E-state index in [1.165, 1.54) is 11.1 Å². The van der Waals surface area contributed by atoms with Crippen LogP contribution in [0, 0.1) is 0 Å². The maximum atomic E-state index is 12.9. The van der Waals surface area contributed by atoms with E-state index < -0.39 is 23.8 Å². The number of hydrogen-bond donors (Lipinski definition) is 2. The molecule has 2 amide bonds. The molecule has 8 nitrogen and oxygen atoms in total. The number of carbonyl (C=O) groups excluding carboxylic acids is 2. The number of methoxy groups -OCH3 is 1. The van der Waals surface area contributed by atoms with E-state index >= 15 is 0 Å². The number of fused-ring (bicyclic) bond motifs is 3. The second-order valence-electron chi connectivity index (χ2n) is 10.4. The summed E-state index contributed by atoms with van der Waals surface area (Å²) in [5, 5.41) is 5.88. The van der Waals surface area contributed by atoms with E-state index in [2.05, 4.69) is 34.9 Å². The summed E-state index contributed by atoms with van der Waals surface area (Å²) < 4.78 is 16.4. The van der Waals surface area contributed by atoms with Gasteiger partial charge < -0.3 is 29.7 Å². The number of hydrogen-bond acceptors (Lipinski definition) is 6. The quantitative estimate of drug-likeness (QED) is 0.538. The van der Waals surface area contributed by atoms with Gasteiger partial charge in [-0.15, -0.1) is 0 Å². The number of nitrogens with zero attached hydrogens (tertiary/aromatic N) is 1. The number of likely N-dealkylation sites (tertiary alicyclic amines) is 1. The third-order valence-corrected chi connectivity index (χ3v) is 6.96. The highest BCUT2D eigenvalue weighted by Crippen LogP contribution is 2.44. The summed E-state index contributed by atoms with van der Waals surface area (Å²) in [4.78, 5) is 28.1. The van der Waals surface area contributed by atoms with Gasteiger partial charge >= 0.3 is 12.2 Å². The number of alkyl carbamates (subject to hydrolysis) is 2. The van der Waals surface area contributed by atoms with Crippen LogP contribution in [0.2, 0.25) is 0 Å². The van der Waals surface area contributed by atoms with Gasteiger partial charge in [-0.05, 0) is 49.4 Å². The smallest absolute Gasteiger partial charge is 0.408 e. The van der Waals surface area contributed by atoms with Crippen LogP contribution in [-0.2, 0) is 14.2 Å². The Morgan fingerprint density at radius 1 is 0.973 bits per heavy atom. The Labute approximate surface area is 223 Å². The highest BCUT2D eigenvalue weighted by atomic mass is 32.1. The van der Waals surface area contributed by atoms with Crippen molar-refractivity contribution in [2.45, 2.75) is 50.8 Å². The average Bonchev–Trinajstić information content (AvgIpc) is 3.16. The summed E-state index contributed by atoms with van der Waals surface area (Å²) in [7, 11) is 1.59. The molecule has 1 fully saturated rings. The number of thiocarbonyl (C=S) groups is 1. The molecule has 1 heterocycles. The van der Waals surface area contributed by atoms with Crippen molar-refractivity contribution in [3.63, 3.8) is 0 Å². The first kappa shape index (κ1) is 26.9. The molecule has 1 aliphatic carbocycles. The average molecular weight is 526 g/mol. The Bertz CT molecular complexity index is 1100. The second-order valence-corrected chi connectivity index (χ2v) is 10.9. The van der Waals surface area contributed by atoms with Crippen LogP contribution in [0.15, 0.2) is 48.5 Å². The fourth-order valence-electron chi connectivity index (χ4n) is 4.96. The number of carbonyl (C=O) groups is 2. The summed E-state index contributed by atoms with van der Waals surface area (Å²) >= 11 is 5.47. The molecule has 2 atom stereocenters. The van der Waals surface area contributed by atoms with Crippen LogP contribution in [0.3, 0.4) is 0 Å². The van der Waals surface area contributed by atoms with Crippen LogP contribution in [0.4, 0.5) is 9.59 Å². The lowest BCUT2D eigenvalue weighted by Crippen LogP contribution is -2.62. The van der Waals surface area contributed by atoms with Gasteiger partial charge in [-0.1, -0.05) is 60.7 Å². The number of amides is 2. The van der Waals surface area contributed by atoms with Gasteiger partial charge in [0.25, 0.3) is 0 Å². The first-order chi connectivity index (χ1) is 17.7. The minimum absolute atomic E-state index is 0.0258. The SMILES string of the molecule is COCC(=S)N1CC[C@H](NC(=O)OCC2c3ccccc3-c3ccccc32)[C@H](NC(=O)OC(C)(C)C)C1. The first-order valence-electron chi connectivity index (χ1n) is 12.5. The summed E-state index contributed by atoms with van der Waals surface area (Å²) in [6.07, 6.45) is -0.485. The van der Waals surface area contributed by atoms with Gasteiger partial charge in [0, 0.05) is 26.1 Å². The van der Waals surface area contributed by atoms with Crippen LogP contribution in [-0.4, -0.2) is 73.2 Å². The fourth-order valence-corrected chi connectivity index (χ4v) is 5.25. The van der Waals surface area contributed by atoms with Crippen molar-refractivity contribution in [3.8, 4) is 11.1 Å². The molecule has 0 spiro atoms. The summed E-state index contributed by atoms with van der Waals surface area (Å²) in [6, 6.07) is 15.7. The van der Waals surface area contributed by atoms with Gasteiger partial charge in [-0.25, -0.2) is 9.59 Å². The minimum atomic E-state index is -0.639.